The van der Waals surface area contributed by atoms with Gasteiger partial charge in [0, 0.05) is 11.3 Å². The number of hydrogen-bond donors (Lipinski definition) is 2. The summed E-state index contributed by atoms with van der Waals surface area (Å²) in [6.07, 6.45) is 0.234. The van der Waals surface area contributed by atoms with Gasteiger partial charge in [-0.1, -0.05) is 24.8 Å². The molecule has 1 aromatic rings. The molecule has 1 atom stereocenters. The molecule has 1 rings (SSSR count). The Hall–Kier alpha value is -2.02. The summed E-state index contributed by atoms with van der Waals surface area (Å²) in [5.41, 5.74) is 7.36. The summed E-state index contributed by atoms with van der Waals surface area (Å²) in [5, 5.41) is 7.78. The van der Waals surface area contributed by atoms with Crippen molar-refractivity contribution in [2.45, 2.75) is 25.5 Å². The van der Waals surface area contributed by atoms with Crippen LogP contribution < -0.4 is 10.5 Å². The maximum absolute atomic E-state index is 12.0. The number of hydrogen-bond acceptors (Lipinski definition) is 4. The lowest BCUT2D eigenvalue weighted by Crippen LogP contribution is -2.25. The Kier molecular flexibility index (Phi) is 5.57. The zero-order valence-corrected chi connectivity index (χ0v) is 12.3. The number of nitrogens with two attached hydrogens (primary N) is 1. The molecule has 0 heterocycles. The summed E-state index contributed by atoms with van der Waals surface area (Å²) in [5.74, 6) is 5.61. The summed E-state index contributed by atoms with van der Waals surface area (Å²) in [7, 11) is -3.71. The highest BCUT2D eigenvalue weighted by atomic mass is 32.2. The fourth-order valence-corrected chi connectivity index (χ4v) is 2.76. The Balaban J connectivity index is 3.08. The van der Waals surface area contributed by atoms with E-state index in [-0.39, 0.29) is 13.0 Å². The molecule has 0 aliphatic rings. The Morgan fingerprint density at radius 2 is 2.15 bits per heavy atom. The minimum Gasteiger partial charge on any atom is -0.320 e. The van der Waals surface area contributed by atoms with Gasteiger partial charge in [-0.2, -0.15) is 5.26 Å². The van der Waals surface area contributed by atoms with E-state index in [4.69, 9.17) is 11.0 Å². The Morgan fingerprint density at radius 3 is 2.70 bits per heavy atom. The maximum Gasteiger partial charge on any atom is 0.249 e. The van der Waals surface area contributed by atoms with Gasteiger partial charge in [0.25, 0.3) is 0 Å². The summed E-state index contributed by atoms with van der Waals surface area (Å²) in [6.45, 7) is 3.77. The van der Waals surface area contributed by atoms with Gasteiger partial charge in [0.1, 0.15) is 0 Å². The van der Waals surface area contributed by atoms with E-state index in [1.807, 2.05) is 6.92 Å². The van der Waals surface area contributed by atoms with E-state index in [1.54, 1.807) is 31.2 Å². The third kappa shape index (κ3) is 3.99. The fourth-order valence-electron chi connectivity index (χ4n) is 1.58. The van der Waals surface area contributed by atoms with Gasteiger partial charge in [-0.05, 0) is 31.0 Å². The fraction of sp³-hybridized carbons (Fsp3) is 0.357. The van der Waals surface area contributed by atoms with Crippen molar-refractivity contribution in [2.75, 3.05) is 11.3 Å². The van der Waals surface area contributed by atoms with Gasteiger partial charge in [-0.15, -0.1) is 0 Å². The first-order valence-electron chi connectivity index (χ1n) is 6.15. The molecule has 6 heteroatoms. The van der Waals surface area contributed by atoms with Crippen molar-refractivity contribution in [3.05, 3.63) is 29.3 Å². The molecule has 1 aromatic carbocycles. The number of anilines is 1. The molecule has 0 aliphatic heterocycles. The molecule has 1 unspecified atom stereocenters. The third-order valence-corrected chi connectivity index (χ3v) is 4.42. The number of nitrogens with zero attached hydrogens (tertiary/aromatic N) is 1. The minimum absolute atomic E-state index is 0.234. The molecular weight excluding hydrogens is 274 g/mol. The summed E-state index contributed by atoms with van der Waals surface area (Å²) < 4.78 is 26.4. The van der Waals surface area contributed by atoms with E-state index < -0.39 is 15.3 Å². The molecule has 0 bridgehead atoms. The highest BCUT2D eigenvalue weighted by molar-refractivity contribution is 7.93. The first kappa shape index (κ1) is 16.0. The lowest BCUT2D eigenvalue weighted by molar-refractivity contribution is 0.593. The average molecular weight is 291 g/mol. The van der Waals surface area contributed by atoms with Crippen molar-refractivity contribution in [3.63, 3.8) is 0 Å². The molecule has 0 fully saturated rings. The second-order valence-corrected chi connectivity index (χ2v) is 6.07. The van der Waals surface area contributed by atoms with Crippen molar-refractivity contribution in [2.24, 2.45) is 5.73 Å². The van der Waals surface area contributed by atoms with Crippen LogP contribution >= 0.6 is 0 Å². The Bertz CT molecular complexity index is 679. The second kappa shape index (κ2) is 6.95. The smallest absolute Gasteiger partial charge is 0.249 e. The van der Waals surface area contributed by atoms with Crippen LogP contribution in [0.1, 0.15) is 24.5 Å². The number of nitriles is 1. The molecule has 0 saturated heterocycles. The number of benzene rings is 1. The van der Waals surface area contributed by atoms with Crippen LogP contribution in [0.15, 0.2) is 18.2 Å². The normalized spacial score (nSPS) is 11.9. The SMILES string of the molecule is CCC(C#N)S(=O)(=O)Nc1ccc(C)c(C#CCN)c1. The molecule has 106 valence electrons. The van der Waals surface area contributed by atoms with Crippen molar-refractivity contribution in [1.29, 1.82) is 5.26 Å². The van der Waals surface area contributed by atoms with Crippen LogP contribution in [0, 0.1) is 30.1 Å². The molecule has 5 nitrogen and oxygen atoms in total. The second-order valence-electron chi connectivity index (χ2n) is 4.21. The standard InChI is InChI=1S/C14H17N3O2S/c1-3-14(10-16)20(18,19)17-13-7-6-11(2)12(9-13)5-4-8-15/h6-7,9,14,17H,3,8,15H2,1-2H3. The van der Waals surface area contributed by atoms with Crippen LogP contribution in [0.4, 0.5) is 5.69 Å². The van der Waals surface area contributed by atoms with E-state index in [0.29, 0.717) is 11.3 Å². The summed E-state index contributed by atoms with van der Waals surface area (Å²) >= 11 is 0. The molecule has 0 saturated carbocycles. The predicted octanol–water partition coefficient (Wildman–Crippen LogP) is 1.35. The van der Waals surface area contributed by atoms with Gasteiger partial charge >= 0.3 is 0 Å². The maximum atomic E-state index is 12.0. The first-order valence-corrected chi connectivity index (χ1v) is 7.70. The number of sulfonamides is 1. The van der Waals surface area contributed by atoms with Crippen molar-refractivity contribution >= 4 is 15.7 Å². The van der Waals surface area contributed by atoms with Gasteiger partial charge in [-0.25, -0.2) is 8.42 Å². The number of nitrogens with one attached hydrogen (secondary N) is 1. The highest BCUT2D eigenvalue weighted by Gasteiger charge is 2.23. The molecule has 0 radical (unpaired) electrons. The molecule has 0 aromatic heterocycles. The monoisotopic (exact) mass is 291 g/mol. The van der Waals surface area contributed by atoms with Crippen LogP contribution in [0.3, 0.4) is 0 Å². The van der Waals surface area contributed by atoms with Crippen LogP contribution in [-0.4, -0.2) is 20.2 Å². The van der Waals surface area contributed by atoms with Gasteiger partial charge in [-0.3, -0.25) is 4.72 Å². The number of aryl methyl sites for hydroxylation is 1. The van der Waals surface area contributed by atoms with Gasteiger partial charge in [0.05, 0.1) is 12.6 Å². The van der Waals surface area contributed by atoms with E-state index in [1.165, 1.54) is 0 Å². The van der Waals surface area contributed by atoms with Crippen LogP contribution in [0.2, 0.25) is 0 Å². The van der Waals surface area contributed by atoms with Crippen LogP contribution in [-0.2, 0) is 10.0 Å². The lowest BCUT2D eigenvalue weighted by atomic mass is 10.1. The van der Waals surface area contributed by atoms with Gasteiger partial charge in [0.2, 0.25) is 10.0 Å². The summed E-state index contributed by atoms with van der Waals surface area (Å²) in [6, 6.07) is 6.83. The summed E-state index contributed by atoms with van der Waals surface area (Å²) in [4.78, 5) is 0. The number of rotatable bonds is 4. The lowest BCUT2D eigenvalue weighted by Gasteiger charge is -2.12. The minimum atomic E-state index is -3.71. The predicted molar refractivity (Wildman–Crippen MR) is 79.3 cm³/mol. The quantitative estimate of drug-likeness (QED) is 0.818. The Labute approximate surface area is 119 Å². The molecule has 0 amide bonds. The third-order valence-electron chi connectivity index (χ3n) is 2.71. The van der Waals surface area contributed by atoms with E-state index >= 15 is 0 Å². The largest absolute Gasteiger partial charge is 0.320 e. The Morgan fingerprint density at radius 1 is 1.45 bits per heavy atom. The molecule has 0 spiro atoms. The van der Waals surface area contributed by atoms with Crippen molar-refractivity contribution in [3.8, 4) is 17.9 Å². The molecular formula is C14H17N3O2S. The molecule has 20 heavy (non-hydrogen) atoms. The average Bonchev–Trinajstić information content (AvgIpc) is 2.40. The van der Waals surface area contributed by atoms with Crippen molar-refractivity contribution < 1.29 is 8.42 Å². The van der Waals surface area contributed by atoms with Crippen LogP contribution in [0.25, 0.3) is 0 Å². The van der Waals surface area contributed by atoms with E-state index in [9.17, 15) is 8.42 Å². The van der Waals surface area contributed by atoms with Crippen LogP contribution in [0.5, 0.6) is 0 Å². The highest BCUT2D eigenvalue weighted by Crippen LogP contribution is 2.17. The molecule has 0 aliphatic carbocycles. The van der Waals surface area contributed by atoms with E-state index in [0.717, 1.165) is 5.56 Å². The van der Waals surface area contributed by atoms with Gasteiger partial charge in [0.15, 0.2) is 5.25 Å². The van der Waals surface area contributed by atoms with Crippen molar-refractivity contribution in [1.82, 2.24) is 0 Å². The zero-order valence-electron chi connectivity index (χ0n) is 11.5. The first-order chi connectivity index (χ1) is 9.44. The topological polar surface area (TPSA) is 96.0 Å². The zero-order chi connectivity index (χ0) is 15.2. The van der Waals surface area contributed by atoms with E-state index in [2.05, 4.69) is 16.6 Å². The van der Waals surface area contributed by atoms with Gasteiger partial charge < -0.3 is 5.73 Å². The molecule has 3 N–H and O–H groups in total.